The molecule has 0 aromatic heterocycles. The highest BCUT2D eigenvalue weighted by atomic mass is 19.1. The molecule has 20 heavy (non-hydrogen) atoms. The largest absolute Gasteiger partial charge is 0.480 e. The Bertz CT molecular complexity index is 552. The zero-order valence-electron chi connectivity index (χ0n) is 11.4. The molecular weight excluding hydrogens is 265 g/mol. The maximum Gasteiger partial charge on any atom is 0.329 e. The van der Waals surface area contributed by atoms with E-state index in [4.69, 9.17) is 9.84 Å². The molecule has 0 bridgehead atoms. The van der Waals surface area contributed by atoms with Crippen LogP contribution in [0.5, 0.6) is 0 Å². The van der Waals surface area contributed by atoms with Crippen LogP contribution < -0.4 is 0 Å². The molecule has 5 nitrogen and oxygen atoms in total. The van der Waals surface area contributed by atoms with Crippen LogP contribution in [-0.4, -0.2) is 47.2 Å². The lowest BCUT2D eigenvalue weighted by Crippen LogP contribution is -2.63. The summed E-state index contributed by atoms with van der Waals surface area (Å²) in [7, 11) is 0. The first-order chi connectivity index (χ1) is 9.31. The van der Waals surface area contributed by atoms with Gasteiger partial charge in [-0.2, -0.15) is 0 Å². The fraction of sp³-hybridized carbons (Fsp3) is 0.429. The van der Waals surface area contributed by atoms with Gasteiger partial charge in [-0.05, 0) is 31.5 Å². The van der Waals surface area contributed by atoms with E-state index in [1.54, 1.807) is 19.9 Å². The van der Waals surface area contributed by atoms with Crippen molar-refractivity contribution in [1.82, 2.24) is 4.90 Å². The first kappa shape index (κ1) is 14.5. The molecular formula is C14H16FNO4. The van der Waals surface area contributed by atoms with Crippen molar-refractivity contribution in [3.05, 3.63) is 35.1 Å². The molecule has 2 rings (SSSR count). The fourth-order valence-electron chi connectivity index (χ4n) is 2.23. The Labute approximate surface area is 116 Å². The molecule has 1 heterocycles. The Kier molecular flexibility index (Phi) is 3.76. The number of amides is 1. The number of carboxylic acid groups (broad SMARTS) is 1. The van der Waals surface area contributed by atoms with Gasteiger partial charge in [0.25, 0.3) is 5.91 Å². The first-order valence-corrected chi connectivity index (χ1v) is 6.22. The summed E-state index contributed by atoms with van der Waals surface area (Å²) in [6.45, 7) is 3.70. The highest BCUT2D eigenvalue weighted by molar-refractivity contribution is 5.96. The average Bonchev–Trinajstić information content (AvgIpc) is 2.35. The summed E-state index contributed by atoms with van der Waals surface area (Å²) in [6.07, 6.45) is 0. The van der Waals surface area contributed by atoms with E-state index in [2.05, 4.69) is 0 Å². The van der Waals surface area contributed by atoms with Gasteiger partial charge in [-0.15, -0.1) is 0 Å². The number of likely N-dealkylation sites (tertiary alicyclic amines) is 1. The third kappa shape index (κ3) is 2.96. The second-order valence-electron chi connectivity index (χ2n) is 5.25. The number of halogens is 1. The molecule has 0 unspecified atom stereocenters. The summed E-state index contributed by atoms with van der Waals surface area (Å²) in [6, 6.07) is 4.08. The van der Waals surface area contributed by atoms with Crippen molar-refractivity contribution in [3.8, 4) is 0 Å². The maximum atomic E-state index is 13.2. The summed E-state index contributed by atoms with van der Waals surface area (Å²) < 4.78 is 18.4. The smallest absolute Gasteiger partial charge is 0.329 e. The van der Waals surface area contributed by atoms with Crippen LogP contribution in [0.3, 0.4) is 0 Å². The predicted molar refractivity (Wildman–Crippen MR) is 69.0 cm³/mol. The van der Waals surface area contributed by atoms with Crippen molar-refractivity contribution in [2.75, 3.05) is 19.7 Å². The number of ether oxygens (including phenoxy) is 1. The third-order valence-electron chi connectivity index (χ3n) is 3.31. The van der Waals surface area contributed by atoms with E-state index in [-0.39, 0.29) is 5.91 Å². The molecule has 1 amide bonds. The Morgan fingerprint density at radius 2 is 2.10 bits per heavy atom. The highest BCUT2D eigenvalue weighted by Gasteiger charge is 2.43. The van der Waals surface area contributed by atoms with Crippen LogP contribution in [0.1, 0.15) is 22.8 Å². The molecule has 0 aliphatic carbocycles. The molecule has 1 aromatic carbocycles. The van der Waals surface area contributed by atoms with Crippen LogP contribution >= 0.6 is 0 Å². The van der Waals surface area contributed by atoms with Crippen LogP contribution in [0.25, 0.3) is 0 Å². The summed E-state index contributed by atoms with van der Waals surface area (Å²) in [5, 5.41) is 8.57. The number of nitrogens with zero attached hydrogens (tertiary/aromatic N) is 1. The number of hydrogen-bond acceptors (Lipinski definition) is 3. The zero-order chi connectivity index (χ0) is 14.9. The van der Waals surface area contributed by atoms with E-state index < -0.39 is 24.0 Å². The van der Waals surface area contributed by atoms with Crippen LogP contribution in [0, 0.1) is 12.7 Å². The molecule has 1 N–H and O–H groups in total. The number of hydrogen-bond donors (Lipinski definition) is 1. The topological polar surface area (TPSA) is 66.8 Å². The lowest BCUT2D eigenvalue weighted by Gasteiger charge is -2.47. The van der Waals surface area contributed by atoms with Gasteiger partial charge < -0.3 is 14.7 Å². The highest BCUT2D eigenvalue weighted by Crippen LogP contribution is 2.27. The fourth-order valence-corrected chi connectivity index (χ4v) is 2.23. The van der Waals surface area contributed by atoms with Gasteiger partial charge >= 0.3 is 5.97 Å². The van der Waals surface area contributed by atoms with Gasteiger partial charge in [0.1, 0.15) is 18.0 Å². The summed E-state index contributed by atoms with van der Waals surface area (Å²) in [4.78, 5) is 24.2. The molecule has 1 aliphatic heterocycles. The molecule has 0 spiro atoms. The number of aryl methyl sites for hydroxylation is 1. The lowest BCUT2D eigenvalue weighted by atomic mass is 9.94. The number of carbonyl (C=O) groups excluding carboxylic acids is 1. The van der Waals surface area contributed by atoms with E-state index in [1.807, 2.05) is 0 Å². The van der Waals surface area contributed by atoms with E-state index in [0.29, 0.717) is 24.2 Å². The standard InChI is InChI=1S/C14H16FNO4/c1-9-3-4-10(15)5-11(9)13(19)16-7-14(2,8-16)20-6-12(17)18/h3-5H,6-8H2,1-2H3,(H,17,18). The van der Waals surface area contributed by atoms with E-state index in [1.165, 1.54) is 17.0 Å². The predicted octanol–water partition coefficient (Wildman–Crippen LogP) is 1.45. The number of carbonyl (C=O) groups is 2. The molecule has 1 aromatic rings. The van der Waals surface area contributed by atoms with Gasteiger partial charge in [-0.1, -0.05) is 6.07 Å². The first-order valence-electron chi connectivity index (χ1n) is 6.22. The minimum atomic E-state index is -1.04. The Balaban J connectivity index is 2.00. The van der Waals surface area contributed by atoms with Crippen LogP contribution in [0.2, 0.25) is 0 Å². The molecule has 0 atom stereocenters. The van der Waals surface area contributed by atoms with Crippen molar-refractivity contribution in [3.63, 3.8) is 0 Å². The van der Waals surface area contributed by atoms with Crippen molar-refractivity contribution in [1.29, 1.82) is 0 Å². The molecule has 0 saturated carbocycles. The van der Waals surface area contributed by atoms with Gasteiger partial charge in [0.2, 0.25) is 0 Å². The number of benzene rings is 1. The van der Waals surface area contributed by atoms with E-state index in [0.717, 1.165) is 0 Å². The SMILES string of the molecule is Cc1ccc(F)cc1C(=O)N1CC(C)(OCC(=O)O)C1. The van der Waals surface area contributed by atoms with Crippen LogP contribution in [-0.2, 0) is 9.53 Å². The Hall–Kier alpha value is -1.95. The number of rotatable bonds is 4. The maximum absolute atomic E-state index is 13.2. The monoisotopic (exact) mass is 281 g/mol. The molecule has 0 radical (unpaired) electrons. The van der Waals surface area contributed by atoms with E-state index >= 15 is 0 Å². The van der Waals surface area contributed by atoms with Crippen LogP contribution in [0.15, 0.2) is 18.2 Å². The van der Waals surface area contributed by atoms with Gasteiger partial charge in [0.15, 0.2) is 0 Å². The van der Waals surface area contributed by atoms with Gasteiger partial charge in [-0.25, -0.2) is 9.18 Å². The molecule has 1 fully saturated rings. The number of aliphatic carboxylic acids is 1. The Morgan fingerprint density at radius 3 is 2.70 bits per heavy atom. The minimum Gasteiger partial charge on any atom is -0.480 e. The van der Waals surface area contributed by atoms with Crippen molar-refractivity contribution >= 4 is 11.9 Å². The van der Waals surface area contributed by atoms with Crippen molar-refractivity contribution in [2.45, 2.75) is 19.4 Å². The van der Waals surface area contributed by atoms with Gasteiger partial charge in [0.05, 0.1) is 13.1 Å². The molecule has 6 heteroatoms. The van der Waals surface area contributed by atoms with Crippen molar-refractivity contribution < 1.29 is 23.8 Å². The summed E-state index contributed by atoms with van der Waals surface area (Å²) in [5.41, 5.74) is 0.386. The minimum absolute atomic E-state index is 0.265. The van der Waals surface area contributed by atoms with Gasteiger partial charge in [-0.3, -0.25) is 4.79 Å². The van der Waals surface area contributed by atoms with Gasteiger partial charge in [0, 0.05) is 5.56 Å². The van der Waals surface area contributed by atoms with Crippen LogP contribution in [0.4, 0.5) is 4.39 Å². The molecule has 108 valence electrons. The normalized spacial score (nSPS) is 16.6. The average molecular weight is 281 g/mol. The molecule has 1 aliphatic rings. The van der Waals surface area contributed by atoms with E-state index in [9.17, 15) is 14.0 Å². The third-order valence-corrected chi connectivity index (χ3v) is 3.31. The van der Waals surface area contributed by atoms with Crippen molar-refractivity contribution in [2.24, 2.45) is 0 Å². The Morgan fingerprint density at radius 1 is 1.45 bits per heavy atom. The summed E-state index contributed by atoms with van der Waals surface area (Å²) >= 11 is 0. The number of carboxylic acids is 1. The molecule has 1 saturated heterocycles. The second-order valence-corrected chi connectivity index (χ2v) is 5.25. The summed E-state index contributed by atoms with van der Waals surface area (Å²) in [5.74, 6) is -1.76. The second kappa shape index (κ2) is 5.20. The quantitative estimate of drug-likeness (QED) is 0.907. The lowest BCUT2D eigenvalue weighted by molar-refractivity contribution is -0.159. The zero-order valence-corrected chi connectivity index (χ0v) is 11.4.